The first kappa shape index (κ1) is 12.1. The molecule has 1 aromatic heterocycles. The Balaban J connectivity index is 2.51. The lowest BCUT2D eigenvalue weighted by Gasteiger charge is -2.12. The first-order valence-electron chi connectivity index (χ1n) is 5.77. The lowest BCUT2D eigenvalue weighted by molar-refractivity contribution is 0.803. The summed E-state index contributed by atoms with van der Waals surface area (Å²) >= 11 is 6.05. The number of nitrogens with zero attached hydrogens (tertiary/aromatic N) is 2. The smallest absolute Gasteiger partial charge is 0.113 e. The van der Waals surface area contributed by atoms with E-state index < -0.39 is 0 Å². The van der Waals surface area contributed by atoms with Crippen LogP contribution >= 0.6 is 11.6 Å². The number of hydrogen-bond donors (Lipinski definition) is 1. The summed E-state index contributed by atoms with van der Waals surface area (Å²) in [5.74, 6) is 1.05. The molecule has 0 saturated carbocycles. The molecule has 0 aliphatic carbocycles. The fourth-order valence-electron chi connectivity index (χ4n) is 1.90. The van der Waals surface area contributed by atoms with Crippen LogP contribution in [0.4, 0.5) is 0 Å². The molecule has 0 fully saturated rings. The second-order valence-electron chi connectivity index (χ2n) is 3.94. The Hall–Kier alpha value is -1.32. The molecule has 0 amide bonds. The maximum Gasteiger partial charge on any atom is 0.113 e. The molecule has 0 saturated heterocycles. The van der Waals surface area contributed by atoms with Crippen molar-refractivity contribution in [3.63, 3.8) is 0 Å². The maximum atomic E-state index is 6.05. The van der Waals surface area contributed by atoms with E-state index >= 15 is 0 Å². The normalized spacial score (nSPS) is 10.8. The summed E-state index contributed by atoms with van der Waals surface area (Å²) in [5, 5.41) is 0.716. The van der Waals surface area contributed by atoms with E-state index in [9.17, 15) is 0 Å². The van der Waals surface area contributed by atoms with Crippen molar-refractivity contribution < 1.29 is 0 Å². The van der Waals surface area contributed by atoms with E-state index in [4.69, 9.17) is 17.3 Å². The van der Waals surface area contributed by atoms with Gasteiger partial charge in [-0.3, -0.25) is 0 Å². The van der Waals surface area contributed by atoms with Crippen LogP contribution in [0.5, 0.6) is 0 Å². The van der Waals surface area contributed by atoms with Crippen LogP contribution in [0.3, 0.4) is 0 Å². The minimum Gasteiger partial charge on any atom is -0.326 e. The van der Waals surface area contributed by atoms with E-state index in [0.717, 1.165) is 29.9 Å². The molecule has 2 rings (SSSR count). The van der Waals surface area contributed by atoms with E-state index in [1.807, 2.05) is 30.6 Å². The van der Waals surface area contributed by atoms with Gasteiger partial charge in [0.05, 0.1) is 5.69 Å². The summed E-state index contributed by atoms with van der Waals surface area (Å²) in [6.07, 6.45) is 5.78. The Morgan fingerprint density at radius 1 is 1.41 bits per heavy atom. The van der Waals surface area contributed by atoms with Gasteiger partial charge in [-0.1, -0.05) is 24.6 Å². The Morgan fingerprint density at radius 3 is 2.94 bits per heavy atom. The Kier molecular flexibility index (Phi) is 3.82. The topological polar surface area (TPSA) is 43.8 Å². The van der Waals surface area contributed by atoms with Crippen molar-refractivity contribution in [2.75, 3.05) is 0 Å². The number of rotatable bonds is 4. The Labute approximate surface area is 106 Å². The number of hydrogen-bond acceptors (Lipinski definition) is 2. The van der Waals surface area contributed by atoms with Crippen molar-refractivity contribution in [3.05, 3.63) is 47.0 Å². The number of halogens is 1. The van der Waals surface area contributed by atoms with Crippen LogP contribution in [0.1, 0.15) is 24.7 Å². The summed E-state index contributed by atoms with van der Waals surface area (Å²) in [7, 11) is 0. The van der Waals surface area contributed by atoms with Gasteiger partial charge in [0, 0.05) is 30.4 Å². The van der Waals surface area contributed by atoms with Crippen molar-refractivity contribution in [1.29, 1.82) is 0 Å². The lowest BCUT2D eigenvalue weighted by atomic mass is 10.1. The Bertz CT molecular complexity index is 505. The van der Waals surface area contributed by atoms with Crippen LogP contribution in [-0.4, -0.2) is 9.55 Å². The van der Waals surface area contributed by atoms with Gasteiger partial charge >= 0.3 is 0 Å². The largest absolute Gasteiger partial charge is 0.326 e. The molecule has 0 radical (unpaired) electrons. The van der Waals surface area contributed by atoms with Gasteiger partial charge in [0.25, 0.3) is 0 Å². The number of benzene rings is 1. The maximum absolute atomic E-state index is 6.05. The molecule has 0 aliphatic rings. The van der Waals surface area contributed by atoms with Gasteiger partial charge in [0.1, 0.15) is 5.82 Å². The molecule has 1 aromatic carbocycles. The lowest BCUT2D eigenvalue weighted by Crippen LogP contribution is -2.07. The molecule has 2 aromatic rings. The quantitative estimate of drug-likeness (QED) is 0.906. The molecule has 0 unspecified atom stereocenters. The predicted molar refractivity (Wildman–Crippen MR) is 70.5 cm³/mol. The Morgan fingerprint density at radius 2 is 2.24 bits per heavy atom. The average molecular weight is 250 g/mol. The van der Waals surface area contributed by atoms with Crippen LogP contribution in [0.2, 0.25) is 5.02 Å². The monoisotopic (exact) mass is 249 g/mol. The number of aromatic nitrogens is 2. The van der Waals surface area contributed by atoms with Crippen molar-refractivity contribution >= 4 is 11.6 Å². The summed E-state index contributed by atoms with van der Waals surface area (Å²) < 4.78 is 2.07. The van der Waals surface area contributed by atoms with E-state index in [1.54, 1.807) is 0 Å². The summed E-state index contributed by atoms with van der Waals surface area (Å²) in [6, 6.07) is 5.77. The van der Waals surface area contributed by atoms with Crippen molar-refractivity contribution in [3.8, 4) is 5.69 Å². The molecule has 0 bridgehead atoms. The minimum absolute atomic E-state index is 0.496. The van der Waals surface area contributed by atoms with Gasteiger partial charge in [0.15, 0.2) is 0 Å². The summed E-state index contributed by atoms with van der Waals surface area (Å²) in [4.78, 5) is 4.37. The minimum atomic E-state index is 0.496. The third-order valence-electron chi connectivity index (χ3n) is 2.72. The van der Waals surface area contributed by atoms with Gasteiger partial charge in [-0.25, -0.2) is 4.98 Å². The van der Waals surface area contributed by atoms with E-state index in [2.05, 4.69) is 16.5 Å². The second-order valence-corrected chi connectivity index (χ2v) is 4.38. The van der Waals surface area contributed by atoms with Gasteiger partial charge in [-0.15, -0.1) is 0 Å². The highest BCUT2D eigenvalue weighted by Crippen LogP contribution is 2.21. The summed E-state index contributed by atoms with van der Waals surface area (Å²) in [5.41, 5.74) is 7.86. The fraction of sp³-hybridized carbons (Fsp3) is 0.308. The molecule has 0 aliphatic heterocycles. The standard InChI is InChI=1S/C13H16ClN3/c1-2-3-13-16-6-7-17(13)12-8-11(14)5-4-10(12)9-15/h4-8H,2-3,9,15H2,1H3. The molecule has 0 spiro atoms. The van der Waals surface area contributed by atoms with Gasteiger partial charge in [-0.05, 0) is 24.1 Å². The molecule has 4 heteroatoms. The van der Waals surface area contributed by atoms with Crippen molar-refractivity contribution in [1.82, 2.24) is 9.55 Å². The number of imidazole rings is 1. The molecule has 1 heterocycles. The number of nitrogens with two attached hydrogens (primary N) is 1. The van der Waals surface area contributed by atoms with E-state index in [0.29, 0.717) is 11.6 Å². The third-order valence-corrected chi connectivity index (χ3v) is 2.95. The zero-order valence-corrected chi connectivity index (χ0v) is 10.6. The predicted octanol–water partition coefficient (Wildman–Crippen LogP) is 2.94. The van der Waals surface area contributed by atoms with Crippen molar-refractivity contribution in [2.24, 2.45) is 5.73 Å². The molecule has 3 nitrogen and oxygen atoms in total. The molecule has 17 heavy (non-hydrogen) atoms. The molecule has 0 atom stereocenters. The fourth-order valence-corrected chi connectivity index (χ4v) is 2.06. The summed E-state index contributed by atoms with van der Waals surface area (Å²) in [6.45, 7) is 2.64. The zero-order valence-electron chi connectivity index (χ0n) is 9.86. The second kappa shape index (κ2) is 5.34. The SMILES string of the molecule is CCCc1nccn1-c1cc(Cl)ccc1CN. The van der Waals surface area contributed by atoms with Crippen LogP contribution in [-0.2, 0) is 13.0 Å². The van der Waals surface area contributed by atoms with Gasteiger partial charge < -0.3 is 10.3 Å². The van der Waals surface area contributed by atoms with Crippen LogP contribution in [0, 0.1) is 0 Å². The molecule has 90 valence electrons. The zero-order chi connectivity index (χ0) is 12.3. The highest BCUT2D eigenvalue weighted by Gasteiger charge is 2.08. The first-order chi connectivity index (χ1) is 8.26. The molecule has 2 N–H and O–H groups in total. The highest BCUT2D eigenvalue weighted by molar-refractivity contribution is 6.30. The van der Waals surface area contributed by atoms with Gasteiger partial charge in [0.2, 0.25) is 0 Å². The first-order valence-corrected chi connectivity index (χ1v) is 6.15. The third kappa shape index (κ3) is 2.51. The number of aryl methyl sites for hydroxylation is 1. The van der Waals surface area contributed by atoms with E-state index in [-0.39, 0.29) is 0 Å². The molecular formula is C13H16ClN3. The molecular weight excluding hydrogens is 234 g/mol. The van der Waals surface area contributed by atoms with Crippen LogP contribution < -0.4 is 5.73 Å². The highest BCUT2D eigenvalue weighted by atomic mass is 35.5. The van der Waals surface area contributed by atoms with Gasteiger partial charge in [-0.2, -0.15) is 0 Å². The average Bonchev–Trinajstić information content (AvgIpc) is 2.77. The van der Waals surface area contributed by atoms with Crippen molar-refractivity contribution in [2.45, 2.75) is 26.3 Å². The van der Waals surface area contributed by atoms with Crippen LogP contribution in [0.25, 0.3) is 5.69 Å². The van der Waals surface area contributed by atoms with Crippen LogP contribution in [0.15, 0.2) is 30.6 Å². The van der Waals surface area contributed by atoms with E-state index in [1.165, 1.54) is 0 Å².